The van der Waals surface area contributed by atoms with Crippen LogP contribution in [-0.2, 0) is 0 Å². The van der Waals surface area contributed by atoms with Gasteiger partial charge in [-0.05, 0) is 50.0 Å². The van der Waals surface area contributed by atoms with Gasteiger partial charge >= 0.3 is 0 Å². The van der Waals surface area contributed by atoms with Gasteiger partial charge in [0.15, 0.2) is 0 Å². The van der Waals surface area contributed by atoms with Crippen molar-refractivity contribution in [3.05, 3.63) is 0 Å². The van der Waals surface area contributed by atoms with Crippen LogP contribution in [0.3, 0.4) is 0 Å². The zero-order chi connectivity index (χ0) is 13.2. The van der Waals surface area contributed by atoms with Gasteiger partial charge in [-0.1, -0.05) is 33.6 Å². The number of hydrogen-bond acceptors (Lipinski definition) is 2. The van der Waals surface area contributed by atoms with Crippen LogP contribution in [-0.4, -0.2) is 30.1 Å². The highest BCUT2D eigenvalue weighted by atomic mass is 15.2. The van der Waals surface area contributed by atoms with Crippen molar-refractivity contribution in [1.82, 2.24) is 4.90 Å². The first-order chi connectivity index (χ1) is 8.57. The lowest BCUT2D eigenvalue weighted by molar-refractivity contribution is 0.0995. The first-order valence-electron chi connectivity index (χ1n) is 8.02. The van der Waals surface area contributed by atoms with E-state index in [0.29, 0.717) is 5.54 Å². The van der Waals surface area contributed by atoms with Crippen molar-refractivity contribution in [2.75, 3.05) is 19.6 Å². The molecule has 1 saturated carbocycles. The highest BCUT2D eigenvalue weighted by Gasteiger charge is 2.40. The number of hydrogen-bond donors (Lipinski definition) is 1. The molecule has 1 aliphatic heterocycles. The number of rotatable bonds is 3. The molecule has 0 amide bonds. The summed E-state index contributed by atoms with van der Waals surface area (Å²) < 4.78 is 0. The second kappa shape index (κ2) is 5.92. The molecule has 2 N–H and O–H groups in total. The molecule has 3 atom stereocenters. The Hall–Kier alpha value is -0.0800. The predicted molar refractivity (Wildman–Crippen MR) is 78.6 cm³/mol. The monoisotopic (exact) mass is 252 g/mol. The topological polar surface area (TPSA) is 29.3 Å². The lowest BCUT2D eigenvalue weighted by atomic mass is 9.85. The second-order valence-corrected chi connectivity index (χ2v) is 7.20. The summed E-state index contributed by atoms with van der Waals surface area (Å²) in [6.45, 7) is 10.6. The fourth-order valence-corrected chi connectivity index (χ4v) is 4.10. The van der Waals surface area contributed by atoms with Crippen LogP contribution in [0.15, 0.2) is 0 Å². The lowest BCUT2D eigenvalue weighted by Crippen LogP contribution is -2.52. The Morgan fingerprint density at radius 3 is 2.56 bits per heavy atom. The van der Waals surface area contributed by atoms with Gasteiger partial charge in [-0.25, -0.2) is 0 Å². The molecular weight excluding hydrogens is 220 g/mol. The maximum atomic E-state index is 6.21. The highest BCUT2D eigenvalue weighted by Crippen LogP contribution is 2.39. The van der Waals surface area contributed by atoms with E-state index >= 15 is 0 Å². The van der Waals surface area contributed by atoms with E-state index in [-0.39, 0.29) is 0 Å². The molecule has 1 saturated heterocycles. The van der Waals surface area contributed by atoms with Crippen LogP contribution < -0.4 is 5.73 Å². The average Bonchev–Trinajstić information content (AvgIpc) is 2.66. The van der Waals surface area contributed by atoms with E-state index in [1.807, 2.05) is 0 Å². The molecule has 0 radical (unpaired) electrons. The Labute approximate surface area is 113 Å². The molecule has 2 nitrogen and oxygen atoms in total. The summed E-state index contributed by atoms with van der Waals surface area (Å²) in [7, 11) is 0. The summed E-state index contributed by atoms with van der Waals surface area (Å²) in [5, 5.41) is 0. The van der Waals surface area contributed by atoms with Gasteiger partial charge in [0.1, 0.15) is 0 Å². The molecule has 3 unspecified atom stereocenters. The van der Waals surface area contributed by atoms with E-state index in [1.54, 1.807) is 0 Å². The van der Waals surface area contributed by atoms with Crippen LogP contribution in [0.2, 0.25) is 0 Å². The van der Waals surface area contributed by atoms with Gasteiger partial charge in [0.2, 0.25) is 0 Å². The molecule has 18 heavy (non-hydrogen) atoms. The molecule has 1 aliphatic carbocycles. The van der Waals surface area contributed by atoms with E-state index in [9.17, 15) is 0 Å². The molecule has 1 heterocycles. The van der Waals surface area contributed by atoms with Crippen molar-refractivity contribution >= 4 is 0 Å². The van der Waals surface area contributed by atoms with E-state index < -0.39 is 0 Å². The summed E-state index contributed by atoms with van der Waals surface area (Å²) in [6.07, 6.45) is 8.22. The Bertz CT molecular complexity index is 264. The third-order valence-corrected chi connectivity index (χ3v) is 5.62. The van der Waals surface area contributed by atoms with Crippen molar-refractivity contribution in [2.45, 2.75) is 64.8 Å². The van der Waals surface area contributed by atoms with Crippen LogP contribution in [0.25, 0.3) is 0 Å². The SMILES string of the molecule is CC1CCN(C2(CN)CCCC(C(C)C)CC2)C1. The maximum absolute atomic E-state index is 6.21. The molecule has 2 aliphatic rings. The fourth-order valence-electron chi connectivity index (χ4n) is 4.10. The second-order valence-electron chi connectivity index (χ2n) is 7.20. The summed E-state index contributed by atoms with van der Waals surface area (Å²) in [5.74, 6) is 2.65. The first-order valence-corrected chi connectivity index (χ1v) is 8.02. The van der Waals surface area contributed by atoms with Gasteiger partial charge in [-0.3, -0.25) is 4.90 Å². The van der Waals surface area contributed by atoms with Crippen molar-refractivity contribution in [2.24, 2.45) is 23.5 Å². The number of nitrogens with zero attached hydrogens (tertiary/aromatic N) is 1. The molecule has 2 fully saturated rings. The average molecular weight is 252 g/mol. The molecular formula is C16H32N2. The minimum Gasteiger partial charge on any atom is -0.329 e. The largest absolute Gasteiger partial charge is 0.329 e. The van der Waals surface area contributed by atoms with Crippen molar-refractivity contribution in [1.29, 1.82) is 0 Å². The molecule has 0 aromatic rings. The minimum atomic E-state index is 0.342. The first kappa shape index (κ1) is 14.3. The van der Waals surface area contributed by atoms with Crippen LogP contribution in [0.1, 0.15) is 59.3 Å². The van der Waals surface area contributed by atoms with Gasteiger partial charge in [-0.15, -0.1) is 0 Å². The van der Waals surface area contributed by atoms with Crippen molar-refractivity contribution in [3.8, 4) is 0 Å². The Kier molecular flexibility index (Phi) is 4.71. The Morgan fingerprint density at radius 2 is 2.00 bits per heavy atom. The predicted octanol–water partition coefficient (Wildman–Crippen LogP) is 3.26. The Morgan fingerprint density at radius 1 is 1.22 bits per heavy atom. The van der Waals surface area contributed by atoms with Gasteiger partial charge in [0, 0.05) is 18.6 Å². The van der Waals surface area contributed by atoms with Crippen LogP contribution in [0.4, 0.5) is 0 Å². The zero-order valence-corrected chi connectivity index (χ0v) is 12.6. The number of nitrogens with two attached hydrogens (primary N) is 1. The van der Waals surface area contributed by atoms with Crippen molar-refractivity contribution in [3.63, 3.8) is 0 Å². The summed E-state index contributed by atoms with van der Waals surface area (Å²) in [6, 6.07) is 0. The molecule has 2 rings (SSSR count). The standard InChI is InChI=1S/C16H32N2/c1-13(2)15-5-4-8-16(12-17,9-6-15)18-10-7-14(3)11-18/h13-15H,4-12,17H2,1-3H3. The minimum absolute atomic E-state index is 0.342. The Balaban J connectivity index is 2.03. The lowest BCUT2D eigenvalue weighted by Gasteiger charge is -2.41. The molecule has 0 aromatic carbocycles. The van der Waals surface area contributed by atoms with Gasteiger partial charge in [0.25, 0.3) is 0 Å². The molecule has 0 spiro atoms. The molecule has 0 bridgehead atoms. The maximum Gasteiger partial charge on any atom is 0.0331 e. The quantitative estimate of drug-likeness (QED) is 0.781. The molecule has 106 valence electrons. The summed E-state index contributed by atoms with van der Waals surface area (Å²) in [5.41, 5.74) is 6.55. The third kappa shape index (κ3) is 2.91. The van der Waals surface area contributed by atoms with Gasteiger partial charge < -0.3 is 5.73 Å². The molecule has 2 heteroatoms. The van der Waals surface area contributed by atoms with E-state index in [2.05, 4.69) is 25.7 Å². The van der Waals surface area contributed by atoms with Crippen LogP contribution >= 0.6 is 0 Å². The third-order valence-electron chi connectivity index (χ3n) is 5.62. The normalized spacial score (nSPS) is 39.2. The number of likely N-dealkylation sites (tertiary alicyclic amines) is 1. The summed E-state index contributed by atoms with van der Waals surface area (Å²) >= 11 is 0. The fraction of sp³-hybridized carbons (Fsp3) is 1.00. The smallest absolute Gasteiger partial charge is 0.0331 e. The van der Waals surface area contributed by atoms with Crippen molar-refractivity contribution < 1.29 is 0 Å². The summed E-state index contributed by atoms with van der Waals surface area (Å²) in [4.78, 5) is 2.74. The van der Waals surface area contributed by atoms with Gasteiger partial charge in [-0.2, -0.15) is 0 Å². The molecule has 0 aromatic heterocycles. The highest BCUT2D eigenvalue weighted by molar-refractivity contribution is 4.97. The van der Waals surface area contributed by atoms with Crippen LogP contribution in [0, 0.1) is 17.8 Å². The van der Waals surface area contributed by atoms with Crippen LogP contribution in [0.5, 0.6) is 0 Å². The van der Waals surface area contributed by atoms with E-state index in [4.69, 9.17) is 5.73 Å². The zero-order valence-electron chi connectivity index (χ0n) is 12.6. The van der Waals surface area contributed by atoms with E-state index in [0.717, 1.165) is 24.3 Å². The van der Waals surface area contributed by atoms with E-state index in [1.165, 1.54) is 51.6 Å². The van der Waals surface area contributed by atoms with Gasteiger partial charge in [0.05, 0.1) is 0 Å².